The van der Waals surface area contributed by atoms with Crippen LogP contribution in [0.2, 0.25) is 0 Å². The first-order valence-corrected chi connectivity index (χ1v) is 6.79. The summed E-state index contributed by atoms with van der Waals surface area (Å²) in [5.41, 5.74) is 6.21. The molecule has 2 rings (SSSR count). The Balaban J connectivity index is 2.40. The first kappa shape index (κ1) is 13.0. The molecule has 1 fully saturated rings. The fraction of sp³-hybridized carbons (Fsp3) is 0.538. The van der Waals surface area contributed by atoms with Gasteiger partial charge in [-0.25, -0.2) is 8.78 Å². The van der Waals surface area contributed by atoms with Gasteiger partial charge in [-0.15, -0.1) is 0 Å². The first-order valence-electron chi connectivity index (χ1n) is 6.00. The summed E-state index contributed by atoms with van der Waals surface area (Å²) >= 11 is 3.10. The minimum atomic E-state index is -0.493. The number of halogens is 3. The van der Waals surface area contributed by atoms with Crippen LogP contribution in [-0.4, -0.2) is 6.04 Å². The van der Waals surface area contributed by atoms with E-state index in [4.69, 9.17) is 5.73 Å². The van der Waals surface area contributed by atoms with Crippen molar-refractivity contribution < 1.29 is 8.78 Å². The lowest BCUT2D eigenvalue weighted by Gasteiger charge is -2.23. The van der Waals surface area contributed by atoms with Gasteiger partial charge >= 0.3 is 0 Å². The van der Waals surface area contributed by atoms with Gasteiger partial charge < -0.3 is 5.73 Å². The van der Waals surface area contributed by atoms with Crippen LogP contribution < -0.4 is 5.73 Å². The maximum Gasteiger partial charge on any atom is 0.143 e. The number of nitrogens with two attached hydrogens (primary N) is 1. The van der Waals surface area contributed by atoms with E-state index in [1.54, 1.807) is 0 Å². The highest BCUT2D eigenvalue weighted by Crippen LogP contribution is 2.35. The van der Waals surface area contributed by atoms with Crippen LogP contribution in [-0.2, 0) is 0 Å². The van der Waals surface area contributed by atoms with Crippen molar-refractivity contribution in [3.63, 3.8) is 0 Å². The molecule has 17 heavy (non-hydrogen) atoms. The van der Waals surface area contributed by atoms with Gasteiger partial charge in [-0.2, -0.15) is 0 Å². The van der Waals surface area contributed by atoms with E-state index in [0.717, 1.165) is 32.1 Å². The van der Waals surface area contributed by atoms with Crippen molar-refractivity contribution in [2.75, 3.05) is 0 Å². The largest absolute Gasteiger partial charge is 0.327 e. The average Bonchev–Trinajstić information content (AvgIpc) is 2.50. The molecule has 0 spiro atoms. The first-order chi connectivity index (χ1) is 8.11. The molecular weight excluding hydrogens is 288 g/mol. The van der Waals surface area contributed by atoms with Gasteiger partial charge in [0.25, 0.3) is 0 Å². The van der Waals surface area contributed by atoms with Crippen LogP contribution in [0, 0.1) is 11.6 Å². The van der Waals surface area contributed by atoms with Gasteiger partial charge in [0.15, 0.2) is 0 Å². The van der Waals surface area contributed by atoms with Gasteiger partial charge in [-0.05, 0) is 40.9 Å². The van der Waals surface area contributed by atoms with E-state index in [1.807, 2.05) is 0 Å². The van der Waals surface area contributed by atoms with Crippen molar-refractivity contribution >= 4 is 15.9 Å². The average molecular weight is 304 g/mol. The molecule has 2 atom stereocenters. The number of rotatable bonds is 1. The second-order valence-corrected chi connectivity index (χ2v) is 5.52. The Morgan fingerprint density at radius 1 is 1.12 bits per heavy atom. The Morgan fingerprint density at radius 3 is 2.59 bits per heavy atom. The van der Waals surface area contributed by atoms with E-state index in [9.17, 15) is 8.78 Å². The Bertz CT molecular complexity index is 409. The van der Waals surface area contributed by atoms with Gasteiger partial charge in [0.05, 0.1) is 4.47 Å². The number of hydrogen-bond donors (Lipinski definition) is 1. The molecule has 1 nitrogen and oxygen atoms in total. The zero-order valence-corrected chi connectivity index (χ0v) is 11.1. The predicted molar refractivity (Wildman–Crippen MR) is 67.9 cm³/mol. The van der Waals surface area contributed by atoms with E-state index in [2.05, 4.69) is 15.9 Å². The van der Waals surface area contributed by atoms with E-state index in [1.165, 1.54) is 12.1 Å². The van der Waals surface area contributed by atoms with Crippen LogP contribution in [0.5, 0.6) is 0 Å². The fourth-order valence-electron chi connectivity index (χ4n) is 2.58. The van der Waals surface area contributed by atoms with Crippen LogP contribution in [0.4, 0.5) is 8.78 Å². The molecule has 0 saturated heterocycles. The van der Waals surface area contributed by atoms with Crippen LogP contribution in [0.25, 0.3) is 0 Å². The SMILES string of the molecule is NC1CCCCCC1c1c(F)ccc(Br)c1F. The Kier molecular flexibility index (Phi) is 4.15. The second kappa shape index (κ2) is 5.44. The zero-order chi connectivity index (χ0) is 12.4. The van der Waals surface area contributed by atoms with Crippen LogP contribution >= 0.6 is 15.9 Å². The van der Waals surface area contributed by atoms with E-state index >= 15 is 0 Å². The smallest absolute Gasteiger partial charge is 0.143 e. The summed E-state index contributed by atoms with van der Waals surface area (Å²) in [7, 11) is 0. The third kappa shape index (κ3) is 2.68. The van der Waals surface area contributed by atoms with Gasteiger partial charge in [-0.1, -0.05) is 19.3 Å². The highest BCUT2D eigenvalue weighted by molar-refractivity contribution is 9.10. The van der Waals surface area contributed by atoms with Crippen molar-refractivity contribution in [3.8, 4) is 0 Å². The molecule has 0 bridgehead atoms. The molecule has 1 aromatic rings. The van der Waals surface area contributed by atoms with Crippen molar-refractivity contribution in [1.29, 1.82) is 0 Å². The molecule has 94 valence electrons. The Labute approximate surface area is 109 Å². The molecule has 2 unspecified atom stereocenters. The molecule has 1 saturated carbocycles. The van der Waals surface area contributed by atoms with Gasteiger partial charge in [-0.3, -0.25) is 0 Å². The summed E-state index contributed by atoms with van der Waals surface area (Å²) in [6, 6.07) is 2.56. The quantitative estimate of drug-likeness (QED) is 0.613. The van der Waals surface area contributed by atoms with E-state index in [0.29, 0.717) is 4.47 Å². The lowest BCUT2D eigenvalue weighted by molar-refractivity contribution is 0.450. The normalized spacial score (nSPS) is 25.6. The van der Waals surface area contributed by atoms with Crippen molar-refractivity contribution in [3.05, 3.63) is 33.8 Å². The summed E-state index contributed by atoms with van der Waals surface area (Å²) in [6.45, 7) is 0. The Morgan fingerprint density at radius 2 is 1.82 bits per heavy atom. The maximum atomic E-state index is 14.0. The molecule has 0 heterocycles. The van der Waals surface area contributed by atoms with Gasteiger partial charge in [0.2, 0.25) is 0 Å². The predicted octanol–water partition coefficient (Wildman–Crippen LogP) is 4.10. The van der Waals surface area contributed by atoms with Crippen molar-refractivity contribution in [2.45, 2.75) is 44.1 Å². The molecule has 0 radical (unpaired) electrons. The molecule has 1 aliphatic rings. The number of hydrogen-bond acceptors (Lipinski definition) is 1. The third-order valence-electron chi connectivity index (χ3n) is 3.52. The lowest BCUT2D eigenvalue weighted by atomic mass is 9.87. The van der Waals surface area contributed by atoms with Gasteiger partial charge in [0, 0.05) is 17.5 Å². The topological polar surface area (TPSA) is 26.0 Å². The number of benzene rings is 1. The van der Waals surface area contributed by atoms with Crippen LogP contribution in [0.15, 0.2) is 16.6 Å². The lowest BCUT2D eigenvalue weighted by Crippen LogP contribution is -2.28. The molecule has 0 amide bonds. The van der Waals surface area contributed by atoms with E-state index in [-0.39, 0.29) is 17.5 Å². The minimum Gasteiger partial charge on any atom is -0.327 e. The standard InChI is InChI=1S/C13H16BrF2N/c14-9-6-7-10(15)12(13(9)16)8-4-2-1-3-5-11(8)17/h6-8,11H,1-5,17H2. The molecule has 4 heteroatoms. The van der Waals surface area contributed by atoms with E-state index < -0.39 is 11.6 Å². The summed E-state index contributed by atoms with van der Waals surface area (Å²) in [5, 5.41) is 0. The summed E-state index contributed by atoms with van der Waals surface area (Å²) in [5.74, 6) is -1.17. The zero-order valence-electron chi connectivity index (χ0n) is 9.56. The van der Waals surface area contributed by atoms with Crippen molar-refractivity contribution in [1.82, 2.24) is 0 Å². The summed E-state index contributed by atoms with van der Waals surface area (Å²) in [6.07, 6.45) is 4.75. The third-order valence-corrected chi connectivity index (χ3v) is 4.13. The summed E-state index contributed by atoms with van der Waals surface area (Å²) < 4.78 is 28.1. The summed E-state index contributed by atoms with van der Waals surface area (Å²) in [4.78, 5) is 0. The van der Waals surface area contributed by atoms with Crippen molar-refractivity contribution in [2.24, 2.45) is 5.73 Å². The highest BCUT2D eigenvalue weighted by atomic mass is 79.9. The van der Waals surface area contributed by atoms with Crippen LogP contribution in [0.1, 0.15) is 43.6 Å². The molecule has 0 aliphatic heterocycles. The molecule has 0 aromatic heterocycles. The minimum absolute atomic E-state index is 0.143. The maximum absolute atomic E-state index is 14.0. The van der Waals surface area contributed by atoms with Gasteiger partial charge in [0.1, 0.15) is 11.6 Å². The molecule has 1 aliphatic carbocycles. The molecule has 2 N–H and O–H groups in total. The Hall–Kier alpha value is -0.480. The van der Waals surface area contributed by atoms with Crippen LogP contribution in [0.3, 0.4) is 0 Å². The monoisotopic (exact) mass is 303 g/mol. The highest BCUT2D eigenvalue weighted by Gasteiger charge is 2.28. The molecule has 1 aromatic carbocycles. The second-order valence-electron chi connectivity index (χ2n) is 4.67. The fourth-order valence-corrected chi connectivity index (χ4v) is 2.92. The molecular formula is C13H16BrF2N.